The number of aromatic nitrogens is 3. The molecule has 1 unspecified atom stereocenters. The Bertz CT molecular complexity index is 839. The van der Waals surface area contributed by atoms with E-state index in [-0.39, 0.29) is 12.3 Å². The molecule has 0 bridgehead atoms. The smallest absolute Gasteiger partial charge is 0.303 e. The molecule has 5 nitrogen and oxygen atoms in total. The van der Waals surface area contributed by atoms with E-state index in [9.17, 15) is 4.79 Å². The van der Waals surface area contributed by atoms with E-state index in [4.69, 9.17) is 5.11 Å². The van der Waals surface area contributed by atoms with Crippen LogP contribution in [0.1, 0.15) is 34.7 Å². The number of nitrogens with zero attached hydrogens (tertiary/aromatic N) is 3. The minimum Gasteiger partial charge on any atom is -0.481 e. The van der Waals surface area contributed by atoms with Gasteiger partial charge >= 0.3 is 5.97 Å². The van der Waals surface area contributed by atoms with Gasteiger partial charge in [-0.05, 0) is 12.5 Å². The van der Waals surface area contributed by atoms with Crippen molar-refractivity contribution < 1.29 is 9.90 Å². The number of benzene rings is 1. The lowest BCUT2D eigenvalue weighted by atomic mass is 10.0. The number of aliphatic carboxylic acids is 1. The van der Waals surface area contributed by atoms with Crippen LogP contribution in [-0.2, 0) is 11.3 Å². The van der Waals surface area contributed by atoms with Crippen molar-refractivity contribution in [3.8, 4) is 11.3 Å². The fraction of sp³-hybridized carbons (Fsp3) is 0.278. The highest BCUT2D eigenvalue weighted by Crippen LogP contribution is 2.35. The third-order valence-corrected chi connectivity index (χ3v) is 4.99. The Morgan fingerprint density at radius 2 is 2.08 bits per heavy atom. The van der Waals surface area contributed by atoms with E-state index in [0.29, 0.717) is 6.54 Å². The molecular weight excluding hydrogens is 322 g/mol. The lowest BCUT2D eigenvalue weighted by molar-refractivity contribution is -0.137. The molecule has 2 heterocycles. The molecule has 6 heteroatoms. The average molecular weight is 341 g/mol. The molecule has 2 aromatic heterocycles. The fourth-order valence-electron chi connectivity index (χ4n) is 2.68. The van der Waals surface area contributed by atoms with Gasteiger partial charge in [0.1, 0.15) is 0 Å². The van der Waals surface area contributed by atoms with E-state index >= 15 is 0 Å². The summed E-state index contributed by atoms with van der Waals surface area (Å²) in [6, 6.07) is 10.1. The Hall–Kier alpha value is -2.47. The summed E-state index contributed by atoms with van der Waals surface area (Å²) in [6.07, 6.45) is 3.87. The van der Waals surface area contributed by atoms with Crippen LogP contribution in [0.2, 0.25) is 0 Å². The number of carbonyl (C=O) groups is 1. The van der Waals surface area contributed by atoms with Crippen LogP contribution in [0, 0.1) is 6.92 Å². The second-order valence-electron chi connectivity index (χ2n) is 5.86. The highest BCUT2D eigenvalue weighted by Gasteiger charge is 2.20. The molecule has 0 fully saturated rings. The van der Waals surface area contributed by atoms with Crippen molar-refractivity contribution in [2.75, 3.05) is 0 Å². The number of hydrogen-bond acceptors (Lipinski definition) is 4. The van der Waals surface area contributed by atoms with Gasteiger partial charge in [0.25, 0.3) is 0 Å². The Morgan fingerprint density at radius 3 is 2.79 bits per heavy atom. The van der Waals surface area contributed by atoms with Gasteiger partial charge in [0.2, 0.25) is 0 Å². The molecule has 0 spiro atoms. The molecule has 0 saturated carbocycles. The zero-order valence-corrected chi connectivity index (χ0v) is 14.5. The normalized spacial score (nSPS) is 12.2. The van der Waals surface area contributed by atoms with E-state index < -0.39 is 5.97 Å². The van der Waals surface area contributed by atoms with Crippen LogP contribution in [0.3, 0.4) is 0 Å². The molecule has 3 aromatic rings. The SMILES string of the molecule is Cc1nc(-c2cnn(Cc3ccccc3)c2)c(C(C)CC(=O)O)s1. The fourth-order valence-corrected chi connectivity index (χ4v) is 3.68. The summed E-state index contributed by atoms with van der Waals surface area (Å²) in [6.45, 7) is 4.57. The van der Waals surface area contributed by atoms with Crippen molar-refractivity contribution >= 4 is 17.3 Å². The summed E-state index contributed by atoms with van der Waals surface area (Å²) in [5.74, 6) is -0.861. The van der Waals surface area contributed by atoms with Crippen molar-refractivity contribution in [2.45, 2.75) is 32.7 Å². The van der Waals surface area contributed by atoms with Crippen LogP contribution in [0.15, 0.2) is 42.7 Å². The predicted molar refractivity (Wildman–Crippen MR) is 94.3 cm³/mol. The maximum atomic E-state index is 11.0. The van der Waals surface area contributed by atoms with Crippen molar-refractivity contribution in [1.82, 2.24) is 14.8 Å². The van der Waals surface area contributed by atoms with Gasteiger partial charge in [-0.1, -0.05) is 37.3 Å². The molecule has 0 aliphatic heterocycles. The van der Waals surface area contributed by atoms with E-state index in [1.54, 1.807) is 17.5 Å². The van der Waals surface area contributed by atoms with Gasteiger partial charge in [-0.2, -0.15) is 5.10 Å². The Kier molecular flexibility index (Phi) is 4.76. The standard InChI is InChI=1S/C18H19N3O2S/c1-12(8-16(22)23)18-17(20-13(2)24-18)15-9-19-21(11-15)10-14-6-4-3-5-7-14/h3-7,9,11-12H,8,10H2,1-2H3,(H,22,23). The molecule has 24 heavy (non-hydrogen) atoms. The average Bonchev–Trinajstić information content (AvgIpc) is 3.14. The van der Waals surface area contributed by atoms with Crippen molar-refractivity contribution in [3.05, 3.63) is 58.2 Å². The molecule has 0 radical (unpaired) electrons. The highest BCUT2D eigenvalue weighted by atomic mass is 32.1. The van der Waals surface area contributed by atoms with Crippen LogP contribution < -0.4 is 0 Å². The quantitative estimate of drug-likeness (QED) is 0.737. The summed E-state index contributed by atoms with van der Waals surface area (Å²) in [4.78, 5) is 16.6. The van der Waals surface area contributed by atoms with Gasteiger partial charge < -0.3 is 5.11 Å². The second-order valence-corrected chi connectivity index (χ2v) is 7.09. The predicted octanol–water partition coefficient (Wildman–Crippen LogP) is 3.94. The Balaban J connectivity index is 1.86. The lowest BCUT2D eigenvalue weighted by Crippen LogP contribution is -2.02. The molecule has 124 valence electrons. The van der Waals surface area contributed by atoms with E-state index in [1.165, 1.54) is 5.56 Å². The minimum absolute atomic E-state index is 0.0684. The van der Waals surface area contributed by atoms with E-state index in [2.05, 4.69) is 22.2 Å². The molecular formula is C18H19N3O2S. The van der Waals surface area contributed by atoms with E-state index in [1.807, 2.05) is 42.9 Å². The van der Waals surface area contributed by atoms with Gasteiger partial charge in [0.05, 0.1) is 29.9 Å². The highest BCUT2D eigenvalue weighted by molar-refractivity contribution is 7.12. The molecule has 0 saturated heterocycles. The van der Waals surface area contributed by atoms with Crippen LogP contribution in [0.5, 0.6) is 0 Å². The summed E-state index contributed by atoms with van der Waals surface area (Å²) >= 11 is 1.56. The monoisotopic (exact) mass is 341 g/mol. The van der Waals surface area contributed by atoms with Gasteiger partial charge in [-0.25, -0.2) is 4.98 Å². The zero-order chi connectivity index (χ0) is 17.1. The van der Waals surface area contributed by atoms with Gasteiger partial charge in [-0.3, -0.25) is 9.48 Å². The third-order valence-electron chi connectivity index (χ3n) is 3.78. The first kappa shape index (κ1) is 16.4. The Labute approximate surface area is 144 Å². The summed E-state index contributed by atoms with van der Waals surface area (Å²) in [5.41, 5.74) is 2.97. The summed E-state index contributed by atoms with van der Waals surface area (Å²) in [7, 11) is 0. The number of thiazole rings is 1. The molecule has 0 aliphatic carbocycles. The van der Waals surface area contributed by atoms with Crippen LogP contribution in [0.25, 0.3) is 11.3 Å². The maximum absolute atomic E-state index is 11.0. The maximum Gasteiger partial charge on any atom is 0.303 e. The first-order valence-electron chi connectivity index (χ1n) is 7.79. The number of carboxylic acids is 1. The van der Waals surface area contributed by atoms with Crippen molar-refractivity contribution in [3.63, 3.8) is 0 Å². The summed E-state index contributed by atoms with van der Waals surface area (Å²) in [5, 5.41) is 14.4. The van der Waals surface area contributed by atoms with Gasteiger partial charge in [0, 0.05) is 22.6 Å². The number of aryl methyl sites for hydroxylation is 1. The topological polar surface area (TPSA) is 68.0 Å². The van der Waals surface area contributed by atoms with Crippen LogP contribution in [0.4, 0.5) is 0 Å². The lowest BCUT2D eigenvalue weighted by Gasteiger charge is -2.07. The molecule has 1 aromatic carbocycles. The number of hydrogen-bond donors (Lipinski definition) is 1. The zero-order valence-electron chi connectivity index (χ0n) is 13.6. The van der Waals surface area contributed by atoms with Crippen LogP contribution in [-0.4, -0.2) is 25.8 Å². The molecule has 3 rings (SSSR count). The Morgan fingerprint density at radius 1 is 1.33 bits per heavy atom. The number of carboxylic acid groups (broad SMARTS) is 1. The first-order chi connectivity index (χ1) is 11.5. The van der Waals surface area contributed by atoms with Crippen molar-refractivity contribution in [2.24, 2.45) is 0 Å². The third kappa shape index (κ3) is 3.71. The van der Waals surface area contributed by atoms with Gasteiger partial charge in [-0.15, -0.1) is 11.3 Å². The van der Waals surface area contributed by atoms with Crippen molar-refractivity contribution in [1.29, 1.82) is 0 Å². The van der Waals surface area contributed by atoms with Crippen LogP contribution >= 0.6 is 11.3 Å². The first-order valence-corrected chi connectivity index (χ1v) is 8.60. The van der Waals surface area contributed by atoms with E-state index in [0.717, 1.165) is 21.1 Å². The molecule has 1 N–H and O–H groups in total. The minimum atomic E-state index is -0.792. The largest absolute Gasteiger partial charge is 0.481 e. The molecule has 0 aliphatic rings. The number of rotatable bonds is 6. The second kappa shape index (κ2) is 6.97. The summed E-state index contributed by atoms with van der Waals surface area (Å²) < 4.78 is 1.88. The molecule has 0 amide bonds. The molecule has 1 atom stereocenters. The van der Waals surface area contributed by atoms with Gasteiger partial charge in [0.15, 0.2) is 0 Å².